The van der Waals surface area contributed by atoms with E-state index in [1.807, 2.05) is 0 Å². The van der Waals surface area contributed by atoms with Crippen molar-refractivity contribution < 1.29 is 0 Å². The van der Waals surface area contributed by atoms with Gasteiger partial charge >= 0.3 is 0 Å². The van der Waals surface area contributed by atoms with Gasteiger partial charge in [0.2, 0.25) is 0 Å². The first-order valence-corrected chi connectivity index (χ1v) is 4.06. The van der Waals surface area contributed by atoms with E-state index in [-0.39, 0.29) is 0 Å². The Labute approximate surface area is 62.5 Å². The second kappa shape index (κ2) is 3.49. The van der Waals surface area contributed by atoms with Crippen molar-refractivity contribution in [2.24, 2.45) is 5.73 Å². The number of hydrogen-bond acceptors (Lipinski definition) is 2. The van der Waals surface area contributed by atoms with Crippen molar-refractivity contribution in [3.8, 4) is 0 Å². The summed E-state index contributed by atoms with van der Waals surface area (Å²) in [6.07, 6.45) is 4.80. The summed E-state index contributed by atoms with van der Waals surface area (Å²) >= 11 is 0. The maximum Gasteiger partial charge on any atom is 0.0297 e. The summed E-state index contributed by atoms with van der Waals surface area (Å²) in [5.41, 5.74) is 8.14. The average Bonchev–Trinajstić information content (AvgIpc) is 1.94. The molecule has 2 nitrogen and oxygen atoms in total. The van der Waals surface area contributed by atoms with Crippen molar-refractivity contribution in [1.82, 2.24) is 5.32 Å². The SMILES string of the molecule is CCNC1=C(N)CCCC1. The van der Waals surface area contributed by atoms with Crippen LogP contribution in [0.1, 0.15) is 32.6 Å². The van der Waals surface area contributed by atoms with Crippen molar-refractivity contribution >= 4 is 0 Å². The molecule has 2 heteroatoms. The first-order valence-electron chi connectivity index (χ1n) is 4.06. The third-order valence-electron chi connectivity index (χ3n) is 1.90. The maximum absolute atomic E-state index is 5.78. The smallest absolute Gasteiger partial charge is 0.0297 e. The van der Waals surface area contributed by atoms with Gasteiger partial charge in [0.1, 0.15) is 0 Å². The van der Waals surface area contributed by atoms with Gasteiger partial charge in [-0.2, -0.15) is 0 Å². The van der Waals surface area contributed by atoms with E-state index in [4.69, 9.17) is 5.73 Å². The van der Waals surface area contributed by atoms with Crippen molar-refractivity contribution in [2.45, 2.75) is 32.6 Å². The Morgan fingerprint density at radius 2 is 2.10 bits per heavy atom. The zero-order chi connectivity index (χ0) is 7.40. The lowest BCUT2D eigenvalue weighted by Gasteiger charge is -2.17. The molecule has 0 saturated carbocycles. The number of rotatable bonds is 2. The van der Waals surface area contributed by atoms with E-state index in [0.717, 1.165) is 25.1 Å². The number of nitrogens with two attached hydrogens (primary N) is 1. The summed E-state index contributed by atoms with van der Waals surface area (Å²) in [5.74, 6) is 0. The topological polar surface area (TPSA) is 38.0 Å². The minimum absolute atomic E-state index is 0.996. The van der Waals surface area contributed by atoms with Gasteiger partial charge in [-0.3, -0.25) is 0 Å². The molecular weight excluding hydrogens is 124 g/mol. The highest BCUT2D eigenvalue weighted by molar-refractivity contribution is 5.11. The fourth-order valence-corrected chi connectivity index (χ4v) is 1.34. The molecule has 1 aliphatic carbocycles. The molecule has 0 amide bonds. The molecule has 0 saturated heterocycles. The predicted molar refractivity (Wildman–Crippen MR) is 43.4 cm³/mol. The zero-order valence-electron chi connectivity index (χ0n) is 6.61. The molecule has 0 aromatic carbocycles. The van der Waals surface area contributed by atoms with Gasteiger partial charge in [0.05, 0.1) is 0 Å². The van der Waals surface area contributed by atoms with Crippen LogP contribution < -0.4 is 11.1 Å². The molecule has 1 rings (SSSR count). The fourth-order valence-electron chi connectivity index (χ4n) is 1.34. The normalized spacial score (nSPS) is 19.3. The molecule has 0 heterocycles. The van der Waals surface area contributed by atoms with Crippen LogP contribution in [-0.4, -0.2) is 6.54 Å². The van der Waals surface area contributed by atoms with Crippen LogP contribution in [0.2, 0.25) is 0 Å². The fraction of sp³-hybridized carbons (Fsp3) is 0.750. The second-order valence-electron chi connectivity index (χ2n) is 2.74. The minimum Gasteiger partial charge on any atom is -0.401 e. The van der Waals surface area contributed by atoms with Crippen LogP contribution in [0.4, 0.5) is 0 Å². The monoisotopic (exact) mass is 140 g/mol. The zero-order valence-corrected chi connectivity index (χ0v) is 6.61. The van der Waals surface area contributed by atoms with Crippen molar-refractivity contribution in [3.05, 3.63) is 11.4 Å². The number of allylic oxidation sites excluding steroid dienone is 2. The molecule has 0 atom stereocenters. The third-order valence-corrected chi connectivity index (χ3v) is 1.90. The Morgan fingerprint density at radius 1 is 1.40 bits per heavy atom. The third kappa shape index (κ3) is 1.66. The Balaban J connectivity index is 2.50. The lowest BCUT2D eigenvalue weighted by atomic mass is 10.0. The molecule has 0 aromatic rings. The van der Waals surface area contributed by atoms with Crippen LogP contribution in [0.15, 0.2) is 11.4 Å². The molecular formula is C8H16N2. The van der Waals surface area contributed by atoms with Crippen LogP contribution in [-0.2, 0) is 0 Å². The van der Waals surface area contributed by atoms with Gasteiger partial charge in [0.15, 0.2) is 0 Å². The lowest BCUT2D eigenvalue weighted by Crippen LogP contribution is -2.20. The van der Waals surface area contributed by atoms with Crippen LogP contribution in [0.25, 0.3) is 0 Å². The van der Waals surface area contributed by atoms with Crippen LogP contribution in [0, 0.1) is 0 Å². The molecule has 0 unspecified atom stereocenters. The summed E-state index contributed by atoms with van der Waals surface area (Å²) in [4.78, 5) is 0. The summed E-state index contributed by atoms with van der Waals surface area (Å²) in [7, 11) is 0. The Hall–Kier alpha value is -0.660. The highest BCUT2D eigenvalue weighted by Crippen LogP contribution is 2.18. The lowest BCUT2D eigenvalue weighted by molar-refractivity contribution is 0.619. The van der Waals surface area contributed by atoms with Crippen LogP contribution >= 0.6 is 0 Å². The largest absolute Gasteiger partial charge is 0.401 e. The first-order chi connectivity index (χ1) is 4.84. The van der Waals surface area contributed by atoms with Crippen molar-refractivity contribution in [3.63, 3.8) is 0 Å². The molecule has 58 valence electrons. The molecule has 0 aliphatic heterocycles. The molecule has 3 N–H and O–H groups in total. The number of nitrogens with one attached hydrogen (secondary N) is 1. The maximum atomic E-state index is 5.78. The van der Waals surface area contributed by atoms with E-state index in [9.17, 15) is 0 Å². The van der Waals surface area contributed by atoms with E-state index < -0.39 is 0 Å². The molecule has 0 aromatic heterocycles. The van der Waals surface area contributed by atoms with E-state index in [2.05, 4.69) is 12.2 Å². The Bertz CT molecular complexity index is 138. The van der Waals surface area contributed by atoms with Gasteiger partial charge in [0.25, 0.3) is 0 Å². The summed E-state index contributed by atoms with van der Waals surface area (Å²) < 4.78 is 0. The van der Waals surface area contributed by atoms with Gasteiger partial charge in [-0.15, -0.1) is 0 Å². The quantitative estimate of drug-likeness (QED) is 0.607. The van der Waals surface area contributed by atoms with E-state index in [0.29, 0.717) is 0 Å². The van der Waals surface area contributed by atoms with Crippen molar-refractivity contribution in [1.29, 1.82) is 0 Å². The summed E-state index contributed by atoms with van der Waals surface area (Å²) in [5, 5.41) is 3.29. The Morgan fingerprint density at radius 3 is 2.70 bits per heavy atom. The van der Waals surface area contributed by atoms with Crippen molar-refractivity contribution in [2.75, 3.05) is 6.54 Å². The van der Waals surface area contributed by atoms with Crippen LogP contribution in [0.5, 0.6) is 0 Å². The molecule has 0 bridgehead atoms. The van der Waals surface area contributed by atoms with E-state index >= 15 is 0 Å². The van der Waals surface area contributed by atoms with Gasteiger partial charge < -0.3 is 11.1 Å². The highest BCUT2D eigenvalue weighted by Gasteiger charge is 2.07. The van der Waals surface area contributed by atoms with Gasteiger partial charge in [0, 0.05) is 17.9 Å². The second-order valence-corrected chi connectivity index (χ2v) is 2.74. The van der Waals surface area contributed by atoms with Gasteiger partial charge in [-0.25, -0.2) is 0 Å². The summed E-state index contributed by atoms with van der Waals surface area (Å²) in [6, 6.07) is 0. The highest BCUT2D eigenvalue weighted by atomic mass is 14.9. The molecule has 10 heavy (non-hydrogen) atoms. The Kier molecular flexibility index (Phi) is 2.60. The van der Waals surface area contributed by atoms with Gasteiger partial charge in [-0.1, -0.05) is 0 Å². The molecule has 0 fully saturated rings. The van der Waals surface area contributed by atoms with E-state index in [1.165, 1.54) is 18.5 Å². The first kappa shape index (κ1) is 7.45. The standard InChI is InChI=1S/C8H16N2/c1-2-10-8-6-4-3-5-7(8)9/h10H,2-6,9H2,1H3. The molecule has 0 radical (unpaired) electrons. The number of hydrogen-bond donors (Lipinski definition) is 2. The van der Waals surface area contributed by atoms with Gasteiger partial charge in [-0.05, 0) is 32.6 Å². The predicted octanol–water partition coefficient (Wildman–Crippen LogP) is 1.34. The van der Waals surface area contributed by atoms with Crippen LogP contribution in [0.3, 0.4) is 0 Å². The minimum atomic E-state index is 0.996. The molecule has 0 spiro atoms. The van der Waals surface area contributed by atoms with E-state index in [1.54, 1.807) is 0 Å². The average molecular weight is 140 g/mol. The summed E-state index contributed by atoms with van der Waals surface area (Å²) in [6.45, 7) is 3.10. The molecule has 1 aliphatic rings.